The molecule has 2 aromatic carbocycles. The molecule has 0 fully saturated rings. The number of carbonyl (C=O) groups is 1. The number of ether oxygens (including phenoxy) is 2. The molecule has 1 unspecified atom stereocenters. The van der Waals surface area contributed by atoms with Gasteiger partial charge in [0.05, 0.1) is 6.61 Å². The van der Waals surface area contributed by atoms with Crippen LogP contribution in [0.5, 0.6) is 5.75 Å². The number of aryl methyl sites for hydroxylation is 1. The van der Waals surface area contributed by atoms with Crippen LogP contribution in [-0.4, -0.2) is 30.3 Å². The number of fused-ring (bicyclic) bond motifs is 1. The molecule has 1 atom stereocenters. The van der Waals surface area contributed by atoms with E-state index >= 15 is 0 Å². The zero-order valence-corrected chi connectivity index (χ0v) is 18.0. The summed E-state index contributed by atoms with van der Waals surface area (Å²) in [6.07, 6.45) is 9.26. The second-order valence-electron chi connectivity index (χ2n) is 7.96. The summed E-state index contributed by atoms with van der Waals surface area (Å²) in [4.78, 5) is 14.9. The van der Waals surface area contributed by atoms with Crippen molar-refractivity contribution in [1.82, 2.24) is 10.3 Å². The van der Waals surface area contributed by atoms with Crippen molar-refractivity contribution in [3.05, 3.63) is 71.9 Å². The summed E-state index contributed by atoms with van der Waals surface area (Å²) in [6.45, 7) is 3.01. The minimum absolute atomic E-state index is 0.301. The van der Waals surface area contributed by atoms with Crippen LogP contribution >= 0.6 is 0 Å². The zero-order valence-electron chi connectivity index (χ0n) is 18.0. The van der Waals surface area contributed by atoms with Gasteiger partial charge in [-0.2, -0.15) is 0 Å². The Bertz CT molecular complexity index is 1040. The number of hydrogen-bond acceptors (Lipinski definition) is 4. The van der Waals surface area contributed by atoms with Gasteiger partial charge in [-0.3, -0.25) is 0 Å². The molecule has 0 spiro atoms. The van der Waals surface area contributed by atoms with Gasteiger partial charge in [0.2, 0.25) is 0 Å². The molecular weight excluding hydrogens is 388 g/mol. The van der Waals surface area contributed by atoms with E-state index in [1.165, 1.54) is 29.5 Å². The average molecular weight is 419 g/mol. The largest absolute Gasteiger partial charge is 0.513 e. The fourth-order valence-electron chi connectivity index (χ4n) is 4.24. The highest BCUT2D eigenvalue weighted by Gasteiger charge is 2.16. The molecule has 5 nitrogen and oxygen atoms in total. The zero-order chi connectivity index (χ0) is 21.5. The first-order chi connectivity index (χ1) is 15.2. The van der Waals surface area contributed by atoms with Gasteiger partial charge in [0.15, 0.2) is 0 Å². The van der Waals surface area contributed by atoms with E-state index in [2.05, 4.69) is 52.9 Å². The van der Waals surface area contributed by atoms with E-state index in [9.17, 15) is 4.79 Å². The van der Waals surface area contributed by atoms with Crippen LogP contribution in [0, 0.1) is 0 Å². The van der Waals surface area contributed by atoms with Crippen molar-refractivity contribution in [2.24, 2.45) is 0 Å². The number of hydrogen-bond donors (Lipinski definition) is 2. The lowest BCUT2D eigenvalue weighted by Crippen LogP contribution is -2.32. The molecule has 0 bridgehead atoms. The Balaban J connectivity index is 1.29. The summed E-state index contributed by atoms with van der Waals surface area (Å²) in [5, 5.41) is 4.74. The summed E-state index contributed by atoms with van der Waals surface area (Å²) in [6, 6.07) is 16.9. The van der Waals surface area contributed by atoms with Crippen molar-refractivity contribution in [3.8, 4) is 5.75 Å². The van der Waals surface area contributed by atoms with Crippen LogP contribution in [0.1, 0.15) is 43.7 Å². The maximum atomic E-state index is 11.6. The Morgan fingerprint density at radius 1 is 1.13 bits per heavy atom. The topological polar surface area (TPSA) is 63.4 Å². The molecule has 0 saturated carbocycles. The summed E-state index contributed by atoms with van der Waals surface area (Å²) in [7, 11) is 0. The molecule has 0 amide bonds. The van der Waals surface area contributed by atoms with Gasteiger partial charge in [-0.1, -0.05) is 42.8 Å². The predicted molar refractivity (Wildman–Crippen MR) is 124 cm³/mol. The predicted octanol–water partition coefficient (Wildman–Crippen LogP) is 5.86. The van der Waals surface area contributed by atoms with Crippen molar-refractivity contribution in [3.63, 3.8) is 0 Å². The minimum Gasteiger partial charge on any atom is -0.434 e. The molecular formula is C26H30N2O3. The van der Waals surface area contributed by atoms with Crippen molar-refractivity contribution >= 4 is 22.6 Å². The summed E-state index contributed by atoms with van der Waals surface area (Å²) in [5.74, 6) is 0.512. The number of nitrogens with one attached hydrogen (secondary N) is 2. The van der Waals surface area contributed by atoms with E-state index in [4.69, 9.17) is 9.47 Å². The van der Waals surface area contributed by atoms with Crippen LogP contribution in [0.4, 0.5) is 4.79 Å². The number of aromatic amines is 1. The lowest BCUT2D eigenvalue weighted by molar-refractivity contribution is 0.104. The van der Waals surface area contributed by atoms with Gasteiger partial charge in [-0.25, -0.2) is 4.79 Å². The molecule has 3 aromatic rings. The van der Waals surface area contributed by atoms with Gasteiger partial charge in [0, 0.05) is 29.7 Å². The van der Waals surface area contributed by atoms with Crippen LogP contribution in [0.2, 0.25) is 0 Å². The number of benzene rings is 2. The summed E-state index contributed by atoms with van der Waals surface area (Å²) < 4.78 is 10.1. The average Bonchev–Trinajstić information content (AvgIpc) is 3.20. The third-order valence-corrected chi connectivity index (χ3v) is 5.82. The Hall–Kier alpha value is -3.05. The normalized spacial score (nSPS) is 16.2. The van der Waals surface area contributed by atoms with Crippen molar-refractivity contribution in [2.45, 2.75) is 45.1 Å². The summed E-state index contributed by atoms with van der Waals surface area (Å²) >= 11 is 0. The molecule has 0 radical (unpaired) electrons. The van der Waals surface area contributed by atoms with E-state index < -0.39 is 6.16 Å². The van der Waals surface area contributed by atoms with Crippen LogP contribution in [0.15, 0.2) is 60.8 Å². The van der Waals surface area contributed by atoms with E-state index in [0.29, 0.717) is 18.4 Å². The van der Waals surface area contributed by atoms with Crippen LogP contribution in [0.25, 0.3) is 16.5 Å². The first-order valence-electron chi connectivity index (χ1n) is 11.2. The standard InChI is InChI=1S/C26H30N2O3/c1-2-30-26(29)31-23-12-13-25-24(17-23)21(18-28-25)10-6-7-11-22-16-20(14-15-27-22)19-8-4-3-5-9-19/h3-5,8-9,12-14,17-18,22,27-28H,2,6-7,10-11,15-16H2,1H3. The van der Waals surface area contributed by atoms with Gasteiger partial charge in [-0.05, 0) is 67.5 Å². The second kappa shape index (κ2) is 10.3. The first-order valence-corrected chi connectivity index (χ1v) is 11.2. The molecule has 31 heavy (non-hydrogen) atoms. The van der Waals surface area contributed by atoms with E-state index in [-0.39, 0.29) is 0 Å². The highest BCUT2D eigenvalue weighted by atomic mass is 16.7. The lowest BCUT2D eigenvalue weighted by Gasteiger charge is -2.24. The van der Waals surface area contributed by atoms with Crippen LogP contribution in [0.3, 0.4) is 0 Å². The Labute approximate surface area is 183 Å². The van der Waals surface area contributed by atoms with Crippen molar-refractivity contribution < 1.29 is 14.3 Å². The monoisotopic (exact) mass is 418 g/mol. The minimum atomic E-state index is -0.664. The van der Waals surface area contributed by atoms with E-state index in [1.807, 2.05) is 12.1 Å². The van der Waals surface area contributed by atoms with Crippen LogP contribution < -0.4 is 10.1 Å². The first kappa shape index (κ1) is 21.2. The van der Waals surface area contributed by atoms with Gasteiger partial charge < -0.3 is 19.8 Å². The highest BCUT2D eigenvalue weighted by molar-refractivity contribution is 5.85. The molecule has 2 heterocycles. The fraction of sp³-hybridized carbons (Fsp3) is 0.346. The van der Waals surface area contributed by atoms with Gasteiger partial charge in [0.25, 0.3) is 0 Å². The lowest BCUT2D eigenvalue weighted by atomic mass is 9.92. The molecule has 1 aliphatic rings. The maximum absolute atomic E-state index is 11.6. The third-order valence-electron chi connectivity index (χ3n) is 5.82. The Morgan fingerprint density at radius 3 is 2.84 bits per heavy atom. The summed E-state index contributed by atoms with van der Waals surface area (Å²) in [5.41, 5.74) is 5.10. The van der Waals surface area contributed by atoms with Gasteiger partial charge in [-0.15, -0.1) is 0 Å². The SMILES string of the molecule is CCOC(=O)Oc1ccc2[nH]cc(CCCCC3CC(c4ccccc4)=CCN3)c2c1. The number of rotatable bonds is 8. The Kier molecular flexibility index (Phi) is 7.05. The number of unbranched alkanes of at least 4 members (excludes halogenated alkanes) is 1. The number of carbonyl (C=O) groups excluding carboxylic acids is 1. The molecule has 1 aliphatic heterocycles. The smallest absolute Gasteiger partial charge is 0.434 e. The molecule has 0 saturated heterocycles. The number of aromatic nitrogens is 1. The maximum Gasteiger partial charge on any atom is 0.513 e. The third kappa shape index (κ3) is 5.56. The Morgan fingerprint density at radius 2 is 2.00 bits per heavy atom. The van der Waals surface area contributed by atoms with Gasteiger partial charge in [0.1, 0.15) is 5.75 Å². The molecule has 0 aliphatic carbocycles. The molecule has 162 valence electrons. The van der Waals surface area contributed by atoms with Gasteiger partial charge >= 0.3 is 6.16 Å². The second-order valence-corrected chi connectivity index (χ2v) is 7.96. The van der Waals surface area contributed by atoms with E-state index in [0.717, 1.165) is 36.7 Å². The molecule has 4 rings (SSSR count). The number of H-pyrrole nitrogens is 1. The van der Waals surface area contributed by atoms with Crippen molar-refractivity contribution in [1.29, 1.82) is 0 Å². The van der Waals surface area contributed by atoms with Crippen molar-refractivity contribution in [2.75, 3.05) is 13.2 Å². The molecule has 2 N–H and O–H groups in total. The molecule has 1 aromatic heterocycles. The van der Waals surface area contributed by atoms with E-state index in [1.54, 1.807) is 13.0 Å². The fourth-order valence-corrected chi connectivity index (χ4v) is 4.24. The van der Waals surface area contributed by atoms with Crippen LogP contribution in [-0.2, 0) is 11.2 Å². The highest BCUT2D eigenvalue weighted by Crippen LogP contribution is 2.27. The molecule has 5 heteroatoms. The quantitative estimate of drug-likeness (QED) is 0.273.